The summed E-state index contributed by atoms with van der Waals surface area (Å²) in [5.41, 5.74) is 6.99. The van der Waals surface area contributed by atoms with E-state index in [2.05, 4.69) is 16.2 Å². The molecule has 0 aliphatic rings. The van der Waals surface area contributed by atoms with Gasteiger partial charge in [0, 0.05) is 5.56 Å². The number of carbonyl (C=O) groups is 3. The van der Waals surface area contributed by atoms with E-state index < -0.39 is 17.9 Å². The maximum absolute atomic E-state index is 12.1. The van der Waals surface area contributed by atoms with Crippen molar-refractivity contribution < 1.29 is 19.1 Å². The normalized spacial score (nSPS) is 11.2. The molecule has 0 saturated heterocycles. The Hall–Kier alpha value is -3.35. The number of ether oxygens (including phenoxy) is 1. The summed E-state index contributed by atoms with van der Waals surface area (Å²) in [6.07, 6.45) is -0.801. The maximum atomic E-state index is 12.1. The second-order valence-corrected chi connectivity index (χ2v) is 6.04. The van der Waals surface area contributed by atoms with Gasteiger partial charge in [0.25, 0.3) is 17.7 Å². The smallest absolute Gasteiger partial charge is 0.279 e. The summed E-state index contributed by atoms with van der Waals surface area (Å²) in [5.74, 6) is -0.812. The molecule has 27 heavy (non-hydrogen) atoms. The fourth-order valence-electron chi connectivity index (χ4n) is 2.23. The summed E-state index contributed by atoms with van der Waals surface area (Å²) >= 11 is 0. The molecule has 0 aliphatic carbocycles. The number of amides is 3. The summed E-state index contributed by atoms with van der Waals surface area (Å²) < 4.78 is 5.64. The lowest BCUT2D eigenvalue weighted by Gasteiger charge is -2.17. The average Bonchev–Trinajstić information content (AvgIpc) is 2.68. The molecule has 2 aromatic carbocycles. The minimum atomic E-state index is -0.801. The molecule has 7 heteroatoms. The number of carbonyl (C=O) groups excluding carboxylic acids is 3. The van der Waals surface area contributed by atoms with Crippen LogP contribution < -0.4 is 20.9 Å². The fraction of sp³-hybridized carbons (Fsp3) is 0.250. The van der Waals surface area contributed by atoms with Gasteiger partial charge in [0.15, 0.2) is 6.10 Å². The number of nitrogens with one attached hydrogen (secondary N) is 3. The van der Waals surface area contributed by atoms with Crippen molar-refractivity contribution in [3.63, 3.8) is 0 Å². The van der Waals surface area contributed by atoms with Crippen LogP contribution in [0.3, 0.4) is 0 Å². The van der Waals surface area contributed by atoms with Gasteiger partial charge in [0.1, 0.15) is 5.75 Å². The second kappa shape index (κ2) is 9.38. The van der Waals surface area contributed by atoms with E-state index in [0.29, 0.717) is 11.3 Å². The molecule has 0 aliphatic heterocycles. The second-order valence-electron chi connectivity index (χ2n) is 6.04. The Morgan fingerprint density at radius 1 is 0.963 bits per heavy atom. The Labute approximate surface area is 158 Å². The molecule has 0 heterocycles. The average molecular weight is 369 g/mol. The number of rotatable bonds is 6. The molecule has 3 amide bonds. The molecule has 7 nitrogen and oxygen atoms in total. The molecular weight excluding hydrogens is 346 g/mol. The van der Waals surface area contributed by atoms with E-state index >= 15 is 0 Å². The summed E-state index contributed by atoms with van der Waals surface area (Å²) in [4.78, 5) is 35.7. The van der Waals surface area contributed by atoms with E-state index in [4.69, 9.17) is 4.74 Å². The monoisotopic (exact) mass is 369 g/mol. The van der Waals surface area contributed by atoms with Gasteiger partial charge in [-0.15, -0.1) is 0 Å². The molecule has 142 valence electrons. The van der Waals surface area contributed by atoms with Gasteiger partial charge in [0.2, 0.25) is 0 Å². The van der Waals surface area contributed by atoms with Gasteiger partial charge >= 0.3 is 0 Å². The quantitative estimate of drug-likeness (QED) is 0.675. The van der Waals surface area contributed by atoms with Gasteiger partial charge in [-0.05, 0) is 50.1 Å². The van der Waals surface area contributed by atoms with Crippen LogP contribution in [-0.4, -0.2) is 30.4 Å². The number of aryl methyl sites for hydroxylation is 1. The highest BCUT2D eigenvalue weighted by Crippen LogP contribution is 2.21. The molecular formula is C20H23N3O4. The van der Waals surface area contributed by atoms with Gasteiger partial charge in [-0.25, -0.2) is 0 Å². The standard InChI is InChI=1S/C20H23N3O4/c1-13-8-7-11-17(14(13)2)27-15(3)19(25)23-22-18(24)12-21-20(26)16-9-5-4-6-10-16/h4-11,15H,12H2,1-3H3,(H,21,26)(H,22,24)(H,23,25)/t15-/m1/s1. The minimum Gasteiger partial charge on any atom is -0.481 e. The predicted molar refractivity (Wildman–Crippen MR) is 101 cm³/mol. The third-order valence-electron chi connectivity index (χ3n) is 4.00. The minimum absolute atomic E-state index is 0.264. The van der Waals surface area contributed by atoms with Crippen LogP contribution in [0.1, 0.15) is 28.4 Å². The molecule has 0 unspecified atom stereocenters. The predicted octanol–water partition coefficient (Wildman–Crippen LogP) is 1.65. The SMILES string of the molecule is Cc1cccc(O[C@H](C)C(=O)NNC(=O)CNC(=O)c2ccccc2)c1C. The summed E-state index contributed by atoms with van der Waals surface area (Å²) in [6.45, 7) is 5.18. The van der Waals surface area contributed by atoms with Crippen LogP contribution in [0.15, 0.2) is 48.5 Å². The topological polar surface area (TPSA) is 96.5 Å². The first-order chi connectivity index (χ1) is 12.9. The van der Waals surface area contributed by atoms with Crippen LogP contribution >= 0.6 is 0 Å². The molecule has 0 radical (unpaired) electrons. The molecule has 3 N–H and O–H groups in total. The van der Waals surface area contributed by atoms with Gasteiger partial charge in [-0.1, -0.05) is 30.3 Å². The first-order valence-electron chi connectivity index (χ1n) is 8.53. The van der Waals surface area contributed by atoms with E-state index in [1.54, 1.807) is 43.3 Å². The van der Waals surface area contributed by atoms with Gasteiger partial charge in [0.05, 0.1) is 6.54 Å². The fourth-order valence-corrected chi connectivity index (χ4v) is 2.23. The van der Waals surface area contributed by atoms with Gasteiger partial charge in [-0.3, -0.25) is 25.2 Å². The number of benzene rings is 2. The Bertz CT molecular complexity index is 821. The van der Waals surface area contributed by atoms with E-state index in [1.807, 2.05) is 26.0 Å². The highest BCUT2D eigenvalue weighted by atomic mass is 16.5. The van der Waals surface area contributed by atoms with E-state index in [1.165, 1.54) is 0 Å². The van der Waals surface area contributed by atoms with Crippen molar-refractivity contribution >= 4 is 17.7 Å². The lowest BCUT2D eigenvalue weighted by molar-refractivity contribution is -0.132. The van der Waals surface area contributed by atoms with Gasteiger partial charge in [-0.2, -0.15) is 0 Å². The zero-order valence-corrected chi connectivity index (χ0v) is 15.5. The molecule has 0 bridgehead atoms. The third-order valence-corrected chi connectivity index (χ3v) is 4.00. The molecule has 0 saturated carbocycles. The zero-order valence-electron chi connectivity index (χ0n) is 15.5. The van der Waals surface area contributed by atoms with Crippen molar-refractivity contribution in [2.24, 2.45) is 0 Å². The van der Waals surface area contributed by atoms with Crippen LogP contribution in [0.2, 0.25) is 0 Å². The van der Waals surface area contributed by atoms with E-state index in [-0.39, 0.29) is 12.5 Å². The lowest BCUT2D eigenvalue weighted by Crippen LogP contribution is -2.50. The molecule has 0 fully saturated rings. The van der Waals surface area contributed by atoms with Crippen LogP contribution in [0, 0.1) is 13.8 Å². The van der Waals surface area contributed by atoms with E-state index in [0.717, 1.165) is 11.1 Å². The summed E-state index contributed by atoms with van der Waals surface area (Å²) in [6, 6.07) is 14.1. The number of hydrazine groups is 1. The number of hydrogen-bond donors (Lipinski definition) is 3. The Morgan fingerprint density at radius 3 is 2.37 bits per heavy atom. The van der Waals surface area contributed by atoms with Crippen molar-refractivity contribution in [3.8, 4) is 5.75 Å². The highest BCUT2D eigenvalue weighted by Gasteiger charge is 2.17. The van der Waals surface area contributed by atoms with Crippen molar-refractivity contribution in [1.82, 2.24) is 16.2 Å². The van der Waals surface area contributed by atoms with Crippen LogP contribution in [-0.2, 0) is 9.59 Å². The Morgan fingerprint density at radius 2 is 1.67 bits per heavy atom. The molecule has 2 aromatic rings. The molecule has 1 atom stereocenters. The van der Waals surface area contributed by atoms with Crippen LogP contribution in [0.4, 0.5) is 0 Å². The Balaban J connectivity index is 1.76. The third kappa shape index (κ3) is 5.85. The largest absolute Gasteiger partial charge is 0.481 e. The lowest BCUT2D eigenvalue weighted by atomic mass is 10.1. The maximum Gasteiger partial charge on any atom is 0.279 e. The highest BCUT2D eigenvalue weighted by molar-refractivity contribution is 5.96. The van der Waals surface area contributed by atoms with Crippen LogP contribution in [0.5, 0.6) is 5.75 Å². The van der Waals surface area contributed by atoms with Gasteiger partial charge < -0.3 is 10.1 Å². The van der Waals surface area contributed by atoms with Crippen LogP contribution in [0.25, 0.3) is 0 Å². The van der Waals surface area contributed by atoms with E-state index in [9.17, 15) is 14.4 Å². The first-order valence-corrected chi connectivity index (χ1v) is 8.53. The van der Waals surface area contributed by atoms with Crippen molar-refractivity contribution in [1.29, 1.82) is 0 Å². The molecule has 0 aromatic heterocycles. The van der Waals surface area contributed by atoms with Crippen molar-refractivity contribution in [3.05, 3.63) is 65.2 Å². The first kappa shape index (κ1) is 20.0. The Kier molecular flexibility index (Phi) is 6.93. The zero-order chi connectivity index (χ0) is 19.8. The number of hydrogen-bond acceptors (Lipinski definition) is 4. The summed E-state index contributed by atoms with van der Waals surface area (Å²) in [5, 5.41) is 2.47. The molecule has 2 rings (SSSR count). The summed E-state index contributed by atoms with van der Waals surface area (Å²) in [7, 11) is 0. The van der Waals surface area contributed by atoms with Crippen molar-refractivity contribution in [2.45, 2.75) is 26.9 Å². The molecule has 0 spiro atoms. The van der Waals surface area contributed by atoms with Crippen molar-refractivity contribution in [2.75, 3.05) is 6.54 Å².